The Balaban J connectivity index is 1.39. The molecule has 14 heteroatoms. The van der Waals surface area contributed by atoms with E-state index in [1.54, 1.807) is 11.0 Å². The van der Waals surface area contributed by atoms with Crippen molar-refractivity contribution in [1.82, 2.24) is 10.2 Å². The quantitative estimate of drug-likeness (QED) is 0.193. The Morgan fingerprint density at radius 3 is 2.55 bits per heavy atom. The molecule has 2 aromatic carbocycles. The molecule has 2 heterocycles. The van der Waals surface area contributed by atoms with Gasteiger partial charge in [0.2, 0.25) is 11.8 Å². The van der Waals surface area contributed by atoms with Gasteiger partial charge in [-0.1, -0.05) is 18.2 Å². The number of rotatable bonds is 12. The van der Waals surface area contributed by atoms with Crippen LogP contribution in [0.4, 0.5) is 18.9 Å². The van der Waals surface area contributed by atoms with Crippen LogP contribution in [-0.2, 0) is 32.4 Å². The zero-order valence-corrected chi connectivity index (χ0v) is 25.1. The van der Waals surface area contributed by atoms with Crippen molar-refractivity contribution in [2.45, 2.75) is 81.9 Å². The number of hydrogen-bond acceptors (Lipinski definition) is 8. The number of alkyl halides is 3. The summed E-state index contributed by atoms with van der Waals surface area (Å²) in [6.45, 7) is 4.75. The molecule has 1 saturated heterocycles. The minimum Gasteiger partial charge on any atom is -0.423 e. The van der Waals surface area contributed by atoms with E-state index in [9.17, 15) is 27.8 Å². The molecule has 9 N–H and O–H groups in total. The molecule has 0 aliphatic carbocycles. The molecule has 0 spiro atoms. The predicted molar refractivity (Wildman–Crippen MR) is 163 cm³/mol. The highest BCUT2D eigenvalue weighted by Crippen LogP contribution is 2.31. The third kappa shape index (κ3) is 8.30. The third-order valence-electron chi connectivity index (χ3n) is 8.38. The van der Waals surface area contributed by atoms with Crippen molar-refractivity contribution in [3.8, 4) is 0 Å². The van der Waals surface area contributed by atoms with E-state index in [1.165, 1.54) is 12.1 Å². The average Bonchev–Trinajstić information content (AvgIpc) is 3.47. The summed E-state index contributed by atoms with van der Waals surface area (Å²) in [5.41, 5.74) is 19.5. The van der Waals surface area contributed by atoms with Gasteiger partial charge in [-0.15, -0.1) is 0 Å². The number of halogens is 3. The van der Waals surface area contributed by atoms with Crippen LogP contribution in [0.15, 0.2) is 42.5 Å². The van der Waals surface area contributed by atoms with E-state index in [-0.39, 0.29) is 37.4 Å². The molecule has 0 bridgehead atoms. The number of hydrogen-bond donors (Lipinski definition) is 6. The molecule has 240 valence electrons. The van der Waals surface area contributed by atoms with Gasteiger partial charge >= 0.3 is 13.3 Å². The van der Waals surface area contributed by atoms with Crippen LogP contribution >= 0.6 is 0 Å². The molecule has 1 fully saturated rings. The maximum atomic E-state index is 13.1. The number of nitrogens with zero attached hydrogens (tertiary/aromatic N) is 1. The Labute approximate surface area is 256 Å². The van der Waals surface area contributed by atoms with E-state index in [2.05, 4.69) is 10.6 Å². The first kappa shape index (κ1) is 33.7. The van der Waals surface area contributed by atoms with Crippen molar-refractivity contribution in [3.63, 3.8) is 0 Å². The van der Waals surface area contributed by atoms with Crippen LogP contribution in [0.5, 0.6) is 0 Å². The highest BCUT2D eigenvalue weighted by Gasteiger charge is 2.40. The molecule has 2 aliphatic heterocycles. The van der Waals surface area contributed by atoms with Crippen molar-refractivity contribution < 1.29 is 32.4 Å². The number of anilines is 1. The topological polar surface area (TPSA) is 169 Å². The second kappa shape index (κ2) is 13.9. The van der Waals surface area contributed by atoms with E-state index >= 15 is 0 Å². The first-order valence-electron chi connectivity index (χ1n) is 14.9. The number of aryl methyl sites for hydroxylation is 1. The lowest BCUT2D eigenvalue weighted by molar-refractivity contribution is -0.137. The Bertz CT molecular complexity index is 1310. The molecule has 4 atom stereocenters. The smallest absolute Gasteiger partial charge is 0.423 e. The molecule has 44 heavy (non-hydrogen) atoms. The highest BCUT2D eigenvalue weighted by atomic mass is 19.4. The summed E-state index contributed by atoms with van der Waals surface area (Å²) in [4.78, 5) is 27.5. The molecule has 4 rings (SSSR count). The van der Waals surface area contributed by atoms with E-state index in [4.69, 9.17) is 21.9 Å². The van der Waals surface area contributed by atoms with Gasteiger partial charge in [0, 0.05) is 49.9 Å². The molecular formula is C30H42BF3N6O4. The summed E-state index contributed by atoms with van der Waals surface area (Å²) in [5, 5.41) is 16.6. The normalized spacial score (nSPS) is 20.8. The van der Waals surface area contributed by atoms with Crippen LogP contribution in [0.3, 0.4) is 0 Å². The first-order valence-corrected chi connectivity index (χ1v) is 14.9. The number of carbonyl (C=O) groups is 2. The van der Waals surface area contributed by atoms with Crippen molar-refractivity contribution in [2.75, 3.05) is 25.0 Å². The van der Waals surface area contributed by atoms with Crippen molar-refractivity contribution >= 4 is 30.1 Å². The fraction of sp³-hybridized carbons (Fsp3) is 0.533. The molecule has 4 unspecified atom stereocenters. The lowest BCUT2D eigenvalue weighted by Crippen LogP contribution is -2.48. The molecule has 2 aromatic rings. The summed E-state index contributed by atoms with van der Waals surface area (Å²) in [6, 6.07) is 8.79. The predicted octanol–water partition coefficient (Wildman–Crippen LogP) is 1.18. The fourth-order valence-corrected chi connectivity index (χ4v) is 5.84. The van der Waals surface area contributed by atoms with Crippen LogP contribution in [0.1, 0.15) is 56.2 Å². The van der Waals surface area contributed by atoms with Crippen molar-refractivity contribution in [1.29, 1.82) is 0 Å². The Morgan fingerprint density at radius 1 is 1.18 bits per heavy atom. The van der Waals surface area contributed by atoms with Crippen molar-refractivity contribution in [3.05, 3.63) is 59.2 Å². The minimum atomic E-state index is -4.42. The minimum absolute atomic E-state index is 0.0716. The molecule has 0 radical (unpaired) electrons. The molecule has 10 nitrogen and oxygen atoms in total. The van der Waals surface area contributed by atoms with E-state index < -0.39 is 42.5 Å². The maximum absolute atomic E-state index is 13.1. The number of nitrogens with two attached hydrogens (primary N) is 3. The van der Waals surface area contributed by atoms with Crippen LogP contribution < -0.4 is 33.3 Å². The van der Waals surface area contributed by atoms with Gasteiger partial charge < -0.3 is 42.4 Å². The van der Waals surface area contributed by atoms with Gasteiger partial charge in [-0.3, -0.25) is 9.59 Å². The Morgan fingerprint density at radius 2 is 1.89 bits per heavy atom. The molecular weight excluding hydrogens is 576 g/mol. The molecule has 0 aromatic heterocycles. The van der Waals surface area contributed by atoms with Gasteiger partial charge in [-0.2, -0.15) is 13.2 Å². The fourth-order valence-electron chi connectivity index (χ4n) is 5.84. The number of amides is 2. The summed E-state index contributed by atoms with van der Waals surface area (Å²) in [7, 11) is -1.06. The number of nitrogens with one attached hydrogen (secondary N) is 2. The van der Waals surface area contributed by atoms with Crippen LogP contribution in [0, 0.1) is 0 Å². The zero-order valence-electron chi connectivity index (χ0n) is 25.1. The summed E-state index contributed by atoms with van der Waals surface area (Å²) < 4.78 is 44.6. The zero-order chi connectivity index (χ0) is 32.2. The Hall–Kier alpha value is -3.17. The average molecular weight is 619 g/mol. The number of benzene rings is 2. The molecule has 2 amide bonds. The van der Waals surface area contributed by atoms with Gasteiger partial charge in [0.15, 0.2) is 0 Å². The first-order chi connectivity index (χ1) is 20.7. The van der Waals surface area contributed by atoms with Gasteiger partial charge in [0.25, 0.3) is 0 Å². The van der Waals surface area contributed by atoms with Gasteiger partial charge in [-0.05, 0) is 80.4 Å². The lowest BCUT2D eigenvalue weighted by atomic mass is 9.78. The van der Waals surface area contributed by atoms with E-state index in [0.29, 0.717) is 49.1 Å². The summed E-state index contributed by atoms with van der Waals surface area (Å²) in [5.74, 6) is -0.590. The van der Waals surface area contributed by atoms with E-state index in [1.807, 2.05) is 26.0 Å². The number of carbonyl (C=O) groups excluding carboxylic acids is 2. The standard InChI is InChI=1S/C30H42BF3N6O4/c1-29(2)24-10-9-21(14-25(24)31(43)44-29)38-16-22(8-5-18-3-6-19(7-4-18)30(32,33)34)39-28(42)26(37)11-12-27(41)40-17-20(36)13-23(40)15-35/h3-4,6-7,9-10,14,20,22-23,26,38,43H,5,8,11-13,15-17,35-37H2,1-2H3,(H,39,42). The van der Waals surface area contributed by atoms with Gasteiger partial charge in [0.05, 0.1) is 17.2 Å². The number of fused-ring (bicyclic) bond motifs is 1. The van der Waals surface area contributed by atoms with Crippen LogP contribution in [0.25, 0.3) is 0 Å². The Kier molecular flexibility index (Phi) is 10.6. The van der Waals surface area contributed by atoms with Gasteiger partial charge in [-0.25, -0.2) is 0 Å². The maximum Gasteiger partial charge on any atom is 0.492 e. The highest BCUT2D eigenvalue weighted by molar-refractivity contribution is 6.62. The van der Waals surface area contributed by atoms with Crippen LogP contribution in [-0.4, -0.2) is 72.7 Å². The summed E-state index contributed by atoms with van der Waals surface area (Å²) >= 11 is 0. The molecule has 0 saturated carbocycles. The van der Waals surface area contributed by atoms with E-state index in [0.717, 1.165) is 17.7 Å². The second-order valence-electron chi connectivity index (χ2n) is 12.2. The summed E-state index contributed by atoms with van der Waals surface area (Å²) in [6.07, 6.45) is -2.78. The number of likely N-dealkylation sites (tertiary alicyclic amines) is 1. The largest absolute Gasteiger partial charge is 0.492 e. The lowest BCUT2D eigenvalue weighted by Gasteiger charge is -2.25. The van der Waals surface area contributed by atoms with Crippen molar-refractivity contribution in [2.24, 2.45) is 17.2 Å². The van der Waals surface area contributed by atoms with Crippen LogP contribution in [0.2, 0.25) is 0 Å². The SMILES string of the molecule is CC1(C)OB(O)c2cc(NCC(CCc3ccc(C(F)(F)F)cc3)NC(=O)C(N)CCC(=O)N3CC(N)CC3CN)ccc21. The van der Waals surface area contributed by atoms with Gasteiger partial charge in [0.1, 0.15) is 0 Å². The monoisotopic (exact) mass is 618 g/mol. The third-order valence-corrected chi connectivity index (χ3v) is 8.38. The second-order valence-corrected chi connectivity index (χ2v) is 12.2. The molecule has 2 aliphatic rings.